The maximum absolute atomic E-state index is 8.73. The van der Waals surface area contributed by atoms with Crippen LogP contribution in [0.4, 0.5) is 0 Å². The quantitative estimate of drug-likeness (QED) is 0.640. The van der Waals surface area contributed by atoms with E-state index in [-0.39, 0.29) is 0 Å². The van der Waals surface area contributed by atoms with E-state index in [0.717, 1.165) is 29.6 Å². The average molecular weight is 215 g/mol. The van der Waals surface area contributed by atoms with Crippen LogP contribution in [0.15, 0.2) is 11.6 Å². The summed E-state index contributed by atoms with van der Waals surface area (Å²) in [6.45, 7) is 2.13. The minimum Gasteiger partial charge on any atom is -0.198 e. The molecule has 86 valence electrons. The number of hydrogen-bond acceptors (Lipinski definition) is 1. The van der Waals surface area contributed by atoms with Gasteiger partial charge in [-0.25, -0.2) is 0 Å². The molecule has 0 spiro atoms. The van der Waals surface area contributed by atoms with E-state index in [4.69, 9.17) is 5.26 Å². The van der Waals surface area contributed by atoms with Gasteiger partial charge in [0.25, 0.3) is 0 Å². The van der Waals surface area contributed by atoms with E-state index in [1.165, 1.54) is 37.7 Å². The predicted octanol–water partition coefficient (Wildman–Crippen LogP) is 3.92. The highest BCUT2D eigenvalue weighted by Crippen LogP contribution is 2.57. The molecule has 0 atom stereocenters. The summed E-state index contributed by atoms with van der Waals surface area (Å²) in [6, 6.07) is 2.27. The van der Waals surface area contributed by atoms with Gasteiger partial charge in [-0.05, 0) is 68.6 Å². The smallest absolute Gasteiger partial charge is 0.0666 e. The van der Waals surface area contributed by atoms with Crippen LogP contribution >= 0.6 is 0 Å². The average Bonchev–Trinajstić information content (AvgIpc) is 2.23. The van der Waals surface area contributed by atoms with Gasteiger partial charge >= 0.3 is 0 Å². The molecule has 1 heteroatoms. The topological polar surface area (TPSA) is 23.8 Å². The van der Waals surface area contributed by atoms with Crippen LogP contribution in [0.2, 0.25) is 0 Å². The fourth-order valence-corrected chi connectivity index (χ4v) is 4.75. The standard InChI is InChI=1S/C15H21N/c1-10(2-3-16)4-15-13-6-11-5-12(8-13)9-14(15)7-11/h4,11-15H,2,5-9H2,1H3/b10-4+. The van der Waals surface area contributed by atoms with Crippen LogP contribution in [0.5, 0.6) is 0 Å². The summed E-state index contributed by atoms with van der Waals surface area (Å²) in [7, 11) is 0. The fraction of sp³-hybridized carbons (Fsp3) is 0.800. The number of rotatable bonds is 2. The molecular weight excluding hydrogens is 194 g/mol. The molecule has 16 heavy (non-hydrogen) atoms. The maximum atomic E-state index is 8.73. The van der Waals surface area contributed by atoms with Gasteiger partial charge in [-0.1, -0.05) is 11.6 Å². The lowest BCUT2D eigenvalue weighted by molar-refractivity contribution is -0.0164. The summed E-state index contributed by atoms with van der Waals surface area (Å²) < 4.78 is 0. The first kappa shape index (κ1) is 10.4. The van der Waals surface area contributed by atoms with Gasteiger partial charge in [0.15, 0.2) is 0 Å². The minimum absolute atomic E-state index is 0.628. The van der Waals surface area contributed by atoms with Gasteiger partial charge in [-0.3, -0.25) is 0 Å². The van der Waals surface area contributed by atoms with Crippen LogP contribution in [0, 0.1) is 40.9 Å². The van der Waals surface area contributed by atoms with Crippen LogP contribution in [-0.2, 0) is 0 Å². The largest absolute Gasteiger partial charge is 0.198 e. The first-order chi connectivity index (χ1) is 7.76. The highest BCUT2D eigenvalue weighted by molar-refractivity contribution is 5.12. The lowest BCUT2D eigenvalue weighted by Crippen LogP contribution is -2.44. The molecule has 0 aliphatic heterocycles. The molecule has 1 nitrogen and oxygen atoms in total. The Labute approximate surface area is 98.5 Å². The summed E-state index contributed by atoms with van der Waals surface area (Å²) in [5.74, 6) is 4.86. The molecule has 0 aromatic rings. The lowest BCUT2D eigenvalue weighted by atomic mass is 9.52. The van der Waals surface area contributed by atoms with Crippen LogP contribution < -0.4 is 0 Å². The monoisotopic (exact) mass is 215 g/mol. The van der Waals surface area contributed by atoms with Crippen molar-refractivity contribution in [2.24, 2.45) is 29.6 Å². The van der Waals surface area contributed by atoms with E-state index >= 15 is 0 Å². The summed E-state index contributed by atoms with van der Waals surface area (Å²) in [5.41, 5.74) is 1.31. The molecule has 0 aromatic carbocycles. The first-order valence-electron chi connectivity index (χ1n) is 6.80. The normalized spacial score (nSPS) is 45.8. The Morgan fingerprint density at radius 1 is 1.12 bits per heavy atom. The lowest BCUT2D eigenvalue weighted by Gasteiger charge is -2.54. The molecule has 0 amide bonds. The number of allylic oxidation sites excluding steroid dienone is 2. The molecule has 4 aliphatic carbocycles. The molecule has 0 N–H and O–H groups in total. The Kier molecular flexibility index (Phi) is 2.54. The Morgan fingerprint density at radius 3 is 2.19 bits per heavy atom. The third-order valence-corrected chi connectivity index (χ3v) is 5.13. The van der Waals surface area contributed by atoms with Crippen molar-refractivity contribution in [1.82, 2.24) is 0 Å². The second-order valence-electron chi connectivity index (χ2n) is 6.36. The van der Waals surface area contributed by atoms with Crippen molar-refractivity contribution in [3.8, 4) is 6.07 Å². The fourth-order valence-electron chi connectivity index (χ4n) is 4.75. The van der Waals surface area contributed by atoms with Gasteiger partial charge in [0.05, 0.1) is 12.5 Å². The van der Waals surface area contributed by atoms with Gasteiger partial charge in [0, 0.05) is 0 Å². The molecule has 0 unspecified atom stereocenters. The highest BCUT2D eigenvalue weighted by Gasteiger charge is 2.47. The Hall–Kier alpha value is -0.770. The van der Waals surface area contributed by atoms with E-state index < -0.39 is 0 Å². The molecule has 4 aliphatic rings. The SMILES string of the molecule is C/C(=C\C1C2CC3CC(C2)CC1C3)CC#N. The molecule has 0 heterocycles. The van der Waals surface area contributed by atoms with Gasteiger partial charge in [-0.15, -0.1) is 0 Å². The van der Waals surface area contributed by atoms with Crippen molar-refractivity contribution in [1.29, 1.82) is 5.26 Å². The van der Waals surface area contributed by atoms with Crippen molar-refractivity contribution in [2.45, 2.75) is 45.4 Å². The second-order valence-corrected chi connectivity index (χ2v) is 6.36. The molecule has 0 aromatic heterocycles. The van der Waals surface area contributed by atoms with Crippen LogP contribution in [0.3, 0.4) is 0 Å². The maximum Gasteiger partial charge on any atom is 0.0666 e. The number of nitriles is 1. The van der Waals surface area contributed by atoms with E-state index in [9.17, 15) is 0 Å². The summed E-state index contributed by atoms with van der Waals surface area (Å²) in [4.78, 5) is 0. The molecule has 4 rings (SSSR count). The minimum atomic E-state index is 0.628. The van der Waals surface area contributed by atoms with E-state index in [1.807, 2.05) is 0 Å². The number of hydrogen-bond donors (Lipinski definition) is 0. The van der Waals surface area contributed by atoms with Crippen molar-refractivity contribution >= 4 is 0 Å². The van der Waals surface area contributed by atoms with Crippen molar-refractivity contribution in [3.63, 3.8) is 0 Å². The van der Waals surface area contributed by atoms with Crippen molar-refractivity contribution in [3.05, 3.63) is 11.6 Å². The van der Waals surface area contributed by atoms with E-state index in [2.05, 4.69) is 19.1 Å². The Balaban J connectivity index is 1.77. The molecule has 0 radical (unpaired) electrons. The van der Waals surface area contributed by atoms with Crippen LogP contribution in [0.1, 0.15) is 45.4 Å². The van der Waals surface area contributed by atoms with Gasteiger partial charge < -0.3 is 0 Å². The highest BCUT2D eigenvalue weighted by atomic mass is 14.5. The zero-order valence-electron chi connectivity index (χ0n) is 10.2. The molecule has 0 saturated heterocycles. The van der Waals surface area contributed by atoms with Gasteiger partial charge in [0.2, 0.25) is 0 Å². The van der Waals surface area contributed by atoms with Crippen molar-refractivity contribution < 1.29 is 0 Å². The zero-order valence-corrected chi connectivity index (χ0v) is 10.2. The van der Waals surface area contributed by atoms with Crippen molar-refractivity contribution in [2.75, 3.05) is 0 Å². The molecule has 4 bridgehead atoms. The van der Waals surface area contributed by atoms with Crippen LogP contribution in [0.25, 0.3) is 0 Å². The second kappa shape index (κ2) is 3.91. The Morgan fingerprint density at radius 2 is 1.69 bits per heavy atom. The summed E-state index contributed by atoms with van der Waals surface area (Å²) in [6.07, 6.45) is 10.5. The van der Waals surface area contributed by atoms with Crippen LogP contribution in [-0.4, -0.2) is 0 Å². The third-order valence-electron chi connectivity index (χ3n) is 5.13. The van der Waals surface area contributed by atoms with Gasteiger partial charge in [0.1, 0.15) is 0 Å². The van der Waals surface area contributed by atoms with E-state index in [1.54, 1.807) is 0 Å². The van der Waals surface area contributed by atoms with E-state index in [0.29, 0.717) is 6.42 Å². The van der Waals surface area contributed by atoms with Gasteiger partial charge in [-0.2, -0.15) is 5.26 Å². The predicted molar refractivity (Wildman–Crippen MR) is 64.5 cm³/mol. The zero-order chi connectivity index (χ0) is 11.1. The third kappa shape index (κ3) is 1.69. The first-order valence-corrected chi connectivity index (χ1v) is 6.80. The molecular formula is C15H21N. The summed E-state index contributed by atoms with van der Waals surface area (Å²) >= 11 is 0. The number of nitrogens with zero attached hydrogens (tertiary/aromatic N) is 1. The Bertz CT molecular complexity index is 319. The summed E-state index contributed by atoms with van der Waals surface area (Å²) in [5, 5.41) is 8.73. The molecule has 4 fully saturated rings. The molecule has 4 saturated carbocycles.